The van der Waals surface area contributed by atoms with Gasteiger partial charge >= 0.3 is 5.97 Å². The average Bonchev–Trinajstić information content (AvgIpc) is 2.17. The summed E-state index contributed by atoms with van der Waals surface area (Å²) in [6, 6.07) is 0. The first-order valence-electron chi connectivity index (χ1n) is 5.66. The van der Waals surface area contributed by atoms with Crippen LogP contribution < -0.4 is 5.32 Å². The van der Waals surface area contributed by atoms with Crippen LogP contribution in [0.25, 0.3) is 0 Å². The van der Waals surface area contributed by atoms with Crippen LogP contribution in [-0.4, -0.2) is 37.4 Å². The maximum Gasteiger partial charge on any atom is 0.330 e. The Morgan fingerprint density at radius 1 is 1.50 bits per heavy atom. The normalized spacial score (nSPS) is 12.0. The Bertz CT molecular complexity index is 224. The van der Waals surface area contributed by atoms with Crippen LogP contribution in [-0.2, 0) is 9.53 Å². The Balaban J connectivity index is 3.63. The lowest BCUT2D eigenvalue weighted by Crippen LogP contribution is -2.30. The number of aliphatic hydroxyl groups excluding tert-OH is 1. The fourth-order valence-electron chi connectivity index (χ4n) is 1.23. The fraction of sp³-hybridized carbons (Fsp3) is 0.750. The van der Waals surface area contributed by atoms with E-state index in [9.17, 15) is 4.79 Å². The van der Waals surface area contributed by atoms with E-state index in [2.05, 4.69) is 19.2 Å². The summed E-state index contributed by atoms with van der Waals surface area (Å²) in [5.74, 6) is -0.307. The third-order valence-corrected chi connectivity index (χ3v) is 2.19. The maximum atomic E-state index is 10.9. The fourth-order valence-corrected chi connectivity index (χ4v) is 1.23. The maximum absolute atomic E-state index is 10.9. The molecule has 0 amide bonds. The molecule has 0 aliphatic carbocycles. The molecule has 0 heterocycles. The van der Waals surface area contributed by atoms with Gasteiger partial charge in [0, 0.05) is 25.8 Å². The van der Waals surface area contributed by atoms with Crippen molar-refractivity contribution in [3.63, 3.8) is 0 Å². The second-order valence-electron chi connectivity index (χ2n) is 4.42. The molecule has 4 nitrogen and oxygen atoms in total. The molecule has 0 saturated heterocycles. The van der Waals surface area contributed by atoms with Gasteiger partial charge in [0.1, 0.15) is 0 Å². The van der Waals surface area contributed by atoms with Crippen molar-refractivity contribution in [2.75, 3.05) is 26.3 Å². The summed E-state index contributed by atoms with van der Waals surface area (Å²) < 4.78 is 4.74. The number of rotatable bonds is 8. The number of hydrogen-bond donors (Lipinski definition) is 2. The molecule has 0 rings (SSSR count). The van der Waals surface area contributed by atoms with Gasteiger partial charge in [-0.05, 0) is 18.8 Å². The van der Waals surface area contributed by atoms with Gasteiger partial charge in [0.2, 0.25) is 0 Å². The van der Waals surface area contributed by atoms with Crippen LogP contribution in [0.3, 0.4) is 0 Å². The van der Waals surface area contributed by atoms with Crippen molar-refractivity contribution >= 4 is 5.97 Å². The van der Waals surface area contributed by atoms with Crippen molar-refractivity contribution in [3.05, 3.63) is 12.2 Å². The van der Waals surface area contributed by atoms with Crippen molar-refractivity contribution in [3.8, 4) is 0 Å². The summed E-state index contributed by atoms with van der Waals surface area (Å²) in [6.45, 7) is 8.00. The van der Waals surface area contributed by atoms with E-state index in [1.54, 1.807) is 13.0 Å². The predicted octanol–water partition coefficient (Wildman–Crippen LogP) is 1.10. The third-order valence-electron chi connectivity index (χ3n) is 2.19. The smallest absolute Gasteiger partial charge is 0.330 e. The Kier molecular flexibility index (Phi) is 7.85. The van der Waals surface area contributed by atoms with Crippen LogP contribution >= 0.6 is 0 Å². The summed E-state index contributed by atoms with van der Waals surface area (Å²) in [5.41, 5.74) is 0.0759. The molecule has 0 atom stereocenters. The van der Waals surface area contributed by atoms with Gasteiger partial charge < -0.3 is 15.2 Å². The highest BCUT2D eigenvalue weighted by molar-refractivity contribution is 5.81. The molecule has 0 spiro atoms. The standard InChI is InChI=1S/C12H23NO3/c1-4-16-11(15)6-5-8-13-10-12(2,3)7-9-14/h5-6,13-14H,4,7-10H2,1-3H3/b6-5+. The Hall–Kier alpha value is -0.870. The highest BCUT2D eigenvalue weighted by Gasteiger charge is 2.15. The average molecular weight is 229 g/mol. The van der Waals surface area contributed by atoms with E-state index >= 15 is 0 Å². The van der Waals surface area contributed by atoms with Gasteiger partial charge in [-0.1, -0.05) is 19.9 Å². The van der Waals surface area contributed by atoms with Crippen LogP contribution in [0, 0.1) is 5.41 Å². The van der Waals surface area contributed by atoms with E-state index < -0.39 is 0 Å². The number of nitrogens with one attached hydrogen (secondary N) is 1. The van der Waals surface area contributed by atoms with E-state index in [4.69, 9.17) is 9.84 Å². The molecule has 0 radical (unpaired) electrons. The Morgan fingerprint density at radius 3 is 2.75 bits per heavy atom. The van der Waals surface area contributed by atoms with Crippen molar-refractivity contribution in [1.82, 2.24) is 5.32 Å². The van der Waals surface area contributed by atoms with E-state index in [1.807, 2.05) is 0 Å². The SMILES string of the molecule is CCOC(=O)/C=C/CNCC(C)(C)CCO. The minimum Gasteiger partial charge on any atom is -0.463 e. The van der Waals surface area contributed by atoms with Gasteiger partial charge in [-0.3, -0.25) is 0 Å². The topological polar surface area (TPSA) is 58.6 Å². The van der Waals surface area contributed by atoms with Crippen molar-refractivity contribution < 1.29 is 14.6 Å². The second-order valence-corrected chi connectivity index (χ2v) is 4.42. The molecule has 0 aliphatic rings. The van der Waals surface area contributed by atoms with E-state index in [0.717, 1.165) is 13.0 Å². The number of carbonyl (C=O) groups is 1. The zero-order valence-electron chi connectivity index (χ0n) is 10.5. The Morgan fingerprint density at radius 2 is 2.19 bits per heavy atom. The van der Waals surface area contributed by atoms with Gasteiger partial charge in [-0.2, -0.15) is 0 Å². The quantitative estimate of drug-likeness (QED) is 0.372. The van der Waals surface area contributed by atoms with E-state index in [1.165, 1.54) is 6.08 Å². The molecule has 0 saturated carbocycles. The van der Waals surface area contributed by atoms with Crippen LogP contribution in [0.5, 0.6) is 0 Å². The number of ether oxygens (including phenoxy) is 1. The van der Waals surface area contributed by atoms with Gasteiger partial charge in [-0.15, -0.1) is 0 Å². The molecule has 0 aliphatic heterocycles. The first-order chi connectivity index (χ1) is 7.52. The molecule has 0 fully saturated rings. The summed E-state index contributed by atoms with van der Waals surface area (Å²) in [7, 11) is 0. The molecule has 0 aromatic heterocycles. The highest BCUT2D eigenvalue weighted by Crippen LogP contribution is 2.17. The summed E-state index contributed by atoms with van der Waals surface area (Å²) in [4.78, 5) is 10.9. The molecule has 0 aromatic carbocycles. The molecule has 16 heavy (non-hydrogen) atoms. The summed E-state index contributed by atoms with van der Waals surface area (Å²) in [5, 5.41) is 12.0. The largest absolute Gasteiger partial charge is 0.463 e. The lowest BCUT2D eigenvalue weighted by Gasteiger charge is -2.23. The van der Waals surface area contributed by atoms with Gasteiger partial charge in [-0.25, -0.2) is 4.79 Å². The minimum atomic E-state index is -0.307. The first-order valence-corrected chi connectivity index (χ1v) is 5.66. The zero-order chi connectivity index (χ0) is 12.4. The van der Waals surface area contributed by atoms with Crippen LogP contribution in [0.4, 0.5) is 0 Å². The monoisotopic (exact) mass is 229 g/mol. The molecular weight excluding hydrogens is 206 g/mol. The van der Waals surface area contributed by atoms with Crippen LogP contribution in [0.2, 0.25) is 0 Å². The lowest BCUT2D eigenvalue weighted by atomic mass is 9.90. The second kappa shape index (κ2) is 8.30. The minimum absolute atomic E-state index is 0.0759. The van der Waals surface area contributed by atoms with Gasteiger partial charge in [0.05, 0.1) is 6.61 Å². The number of carbonyl (C=O) groups excluding carboxylic acids is 1. The van der Waals surface area contributed by atoms with Gasteiger partial charge in [0.25, 0.3) is 0 Å². The molecule has 0 bridgehead atoms. The summed E-state index contributed by atoms with van der Waals surface area (Å²) in [6.07, 6.45) is 3.93. The van der Waals surface area contributed by atoms with Crippen LogP contribution in [0.15, 0.2) is 12.2 Å². The lowest BCUT2D eigenvalue weighted by molar-refractivity contribution is -0.137. The van der Waals surface area contributed by atoms with E-state index in [-0.39, 0.29) is 18.0 Å². The highest BCUT2D eigenvalue weighted by atomic mass is 16.5. The number of hydrogen-bond acceptors (Lipinski definition) is 4. The molecule has 4 heteroatoms. The molecule has 0 unspecified atom stereocenters. The number of aliphatic hydroxyl groups is 1. The van der Waals surface area contributed by atoms with Crippen LogP contribution in [0.1, 0.15) is 27.2 Å². The number of esters is 1. The van der Waals surface area contributed by atoms with Crippen molar-refractivity contribution in [1.29, 1.82) is 0 Å². The summed E-state index contributed by atoms with van der Waals surface area (Å²) >= 11 is 0. The van der Waals surface area contributed by atoms with Gasteiger partial charge in [0.15, 0.2) is 0 Å². The zero-order valence-corrected chi connectivity index (χ0v) is 10.5. The first kappa shape index (κ1) is 15.1. The molecule has 0 aromatic rings. The molecular formula is C12H23NO3. The molecule has 94 valence electrons. The van der Waals surface area contributed by atoms with E-state index in [0.29, 0.717) is 13.2 Å². The predicted molar refractivity (Wildman–Crippen MR) is 64.1 cm³/mol. The Labute approximate surface area is 97.7 Å². The third kappa shape index (κ3) is 8.44. The molecule has 2 N–H and O–H groups in total. The van der Waals surface area contributed by atoms with Crippen molar-refractivity contribution in [2.24, 2.45) is 5.41 Å². The van der Waals surface area contributed by atoms with Crippen molar-refractivity contribution in [2.45, 2.75) is 27.2 Å².